The van der Waals surface area contributed by atoms with E-state index in [0.29, 0.717) is 18.4 Å². The zero-order valence-corrected chi connectivity index (χ0v) is 10.1. The van der Waals surface area contributed by atoms with Crippen molar-refractivity contribution in [3.63, 3.8) is 0 Å². The predicted octanol–water partition coefficient (Wildman–Crippen LogP) is 1.57. The van der Waals surface area contributed by atoms with Crippen molar-refractivity contribution in [2.75, 3.05) is 18.0 Å². The van der Waals surface area contributed by atoms with E-state index in [1.54, 1.807) is 0 Å². The molecule has 1 N–H and O–H groups in total. The zero-order chi connectivity index (χ0) is 11.8. The normalized spacial score (nSPS) is 23.4. The fraction of sp³-hybridized carbons (Fsp3) is 0.500. The number of nitrogens with one attached hydrogen (secondary N) is 1. The smallest absolute Gasteiger partial charge is 0.227 e. The van der Waals surface area contributed by atoms with Gasteiger partial charge in [-0.05, 0) is 44.0 Å². The van der Waals surface area contributed by atoms with Crippen LogP contribution in [0.1, 0.15) is 18.9 Å². The lowest BCUT2D eigenvalue weighted by Crippen LogP contribution is -2.46. The minimum absolute atomic E-state index is 0.286. The van der Waals surface area contributed by atoms with Gasteiger partial charge in [0.2, 0.25) is 5.91 Å². The third kappa shape index (κ3) is 1.84. The Balaban J connectivity index is 1.79. The Hall–Kier alpha value is -1.35. The molecule has 1 aromatic rings. The van der Waals surface area contributed by atoms with E-state index in [2.05, 4.69) is 30.4 Å². The Morgan fingerprint density at radius 2 is 2.18 bits per heavy atom. The van der Waals surface area contributed by atoms with Gasteiger partial charge in [0.25, 0.3) is 0 Å². The molecule has 0 radical (unpaired) electrons. The lowest BCUT2D eigenvalue weighted by atomic mass is 9.98. The summed E-state index contributed by atoms with van der Waals surface area (Å²) in [6.07, 6.45) is 1.68. The van der Waals surface area contributed by atoms with Gasteiger partial charge in [0.1, 0.15) is 0 Å². The molecule has 3 rings (SSSR count). The van der Waals surface area contributed by atoms with E-state index in [4.69, 9.17) is 0 Å². The Morgan fingerprint density at radius 3 is 2.88 bits per heavy atom. The Bertz CT molecular complexity index is 440. The summed E-state index contributed by atoms with van der Waals surface area (Å²) in [5.74, 6) is 0.830. The summed E-state index contributed by atoms with van der Waals surface area (Å²) in [7, 11) is 0. The van der Waals surface area contributed by atoms with Gasteiger partial charge in [0.05, 0.1) is 0 Å². The topological polar surface area (TPSA) is 32.3 Å². The first-order chi connectivity index (χ1) is 8.25. The van der Waals surface area contributed by atoms with Crippen molar-refractivity contribution in [3.8, 4) is 0 Å². The van der Waals surface area contributed by atoms with Crippen molar-refractivity contribution in [2.45, 2.75) is 25.8 Å². The average molecular weight is 230 g/mol. The van der Waals surface area contributed by atoms with Crippen LogP contribution >= 0.6 is 0 Å². The number of nitrogens with zero attached hydrogens (tertiary/aromatic N) is 1. The summed E-state index contributed by atoms with van der Waals surface area (Å²) < 4.78 is 0. The number of carbonyl (C=O) groups excluding carboxylic acids is 1. The molecule has 1 aromatic carbocycles. The second kappa shape index (κ2) is 4.15. The van der Waals surface area contributed by atoms with E-state index in [9.17, 15) is 4.79 Å². The molecule has 1 saturated heterocycles. The van der Waals surface area contributed by atoms with Crippen LogP contribution in [0.25, 0.3) is 0 Å². The summed E-state index contributed by atoms with van der Waals surface area (Å²) in [5, 5.41) is 3.22. The standard InChI is InChI=1S/C14H18N2O/c1-10-6-12-4-2-3-5-13(12)16(10)14(17)7-11-8-15-9-11/h2-5,10-11,15H,6-9H2,1H3. The van der Waals surface area contributed by atoms with Crippen LogP contribution in [0.15, 0.2) is 24.3 Å². The number of para-hydroxylation sites is 1. The molecule has 1 amide bonds. The maximum Gasteiger partial charge on any atom is 0.227 e. The van der Waals surface area contributed by atoms with Crippen LogP contribution in [0.2, 0.25) is 0 Å². The van der Waals surface area contributed by atoms with Crippen LogP contribution in [-0.4, -0.2) is 25.0 Å². The minimum Gasteiger partial charge on any atom is -0.316 e. The van der Waals surface area contributed by atoms with Gasteiger partial charge in [-0.2, -0.15) is 0 Å². The highest BCUT2D eigenvalue weighted by molar-refractivity contribution is 5.96. The first-order valence-corrected chi connectivity index (χ1v) is 6.36. The molecule has 1 unspecified atom stereocenters. The fourth-order valence-electron chi connectivity index (χ4n) is 2.78. The van der Waals surface area contributed by atoms with Crippen molar-refractivity contribution in [3.05, 3.63) is 29.8 Å². The van der Waals surface area contributed by atoms with Gasteiger partial charge >= 0.3 is 0 Å². The Kier molecular flexibility index (Phi) is 2.63. The molecule has 17 heavy (non-hydrogen) atoms. The summed E-state index contributed by atoms with van der Waals surface area (Å²) in [6, 6.07) is 8.57. The lowest BCUT2D eigenvalue weighted by molar-refractivity contribution is -0.120. The molecule has 3 heteroatoms. The van der Waals surface area contributed by atoms with Crippen molar-refractivity contribution in [1.29, 1.82) is 0 Å². The molecule has 2 aliphatic rings. The summed E-state index contributed by atoms with van der Waals surface area (Å²) in [6.45, 7) is 4.13. The Morgan fingerprint density at radius 1 is 1.41 bits per heavy atom. The Labute approximate surface area is 102 Å². The second-order valence-corrected chi connectivity index (χ2v) is 5.17. The number of benzene rings is 1. The van der Waals surface area contributed by atoms with E-state index in [1.807, 2.05) is 11.0 Å². The van der Waals surface area contributed by atoms with Gasteiger partial charge in [-0.25, -0.2) is 0 Å². The number of amides is 1. The van der Waals surface area contributed by atoms with Crippen molar-refractivity contribution in [2.24, 2.45) is 5.92 Å². The molecule has 1 fully saturated rings. The molecule has 0 bridgehead atoms. The van der Waals surface area contributed by atoms with Crippen molar-refractivity contribution in [1.82, 2.24) is 5.32 Å². The number of fused-ring (bicyclic) bond motifs is 1. The first-order valence-electron chi connectivity index (χ1n) is 6.36. The summed E-state index contributed by atoms with van der Waals surface area (Å²) >= 11 is 0. The minimum atomic E-state index is 0.286. The van der Waals surface area contributed by atoms with Crippen LogP contribution in [0.5, 0.6) is 0 Å². The molecule has 2 heterocycles. The van der Waals surface area contributed by atoms with Crippen molar-refractivity contribution >= 4 is 11.6 Å². The molecule has 90 valence electrons. The lowest BCUT2D eigenvalue weighted by Gasteiger charge is -2.30. The number of rotatable bonds is 2. The SMILES string of the molecule is CC1Cc2ccccc2N1C(=O)CC1CNC1. The second-order valence-electron chi connectivity index (χ2n) is 5.17. The molecular weight excluding hydrogens is 212 g/mol. The molecule has 0 spiro atoms. The summed E-state index contributed by atoms with van der Waals surface area (Å²) in [5.41, 5.74) is 2.43. The molecule has 2 aliphatic heterocycles. The third-order valence-corrected chi connectivity index (χ3v) is 3.81. The van der Waals surface area contributed by atoms with Gasteiger partial charge < -0.3 is 10.2 Å². The van der Waals surface area contributed by atoms with Crippen molar-refractivity contribution < 1.29 is 4.79 Å². The molecule has 0 aromatic heterocycles. The molecule has 0 aliphatic carbocycles. The first kappa shape index (κ1) is 10.8. The summed E-state index contributed by atoms with van der Waals surface area (Å²) in [4.78, 5) is 14.3. The van der Waals surface area contributed by atoms with E-state index in [1.165, 1.54) is 5.56 Å². The zero-order valence-electron chi connectivity index (χ0n) is 10.1. The average Bonchev–Trinajstić information content (AvgIpc) is 2.59. The van der Waals surface area contributed by atoms with E-state index in [0.717, 1.165) is 25.2 Å². The van der Waals surface area contributed by atoms with Crippen LogP contribution < -0.4 is 10.2 Å². The maximum absolute atomic E-state index is 12.3. The van der Waals surface area contributed by atoms with Gasteiger partial charge in [0, 0.05) is 18.2 Å². The molecular formula is C14H18N2O. The quantitative estimate of drug-likeness (QED) is 0.836. The van der Waals surface area contributed by atoms with Crippen LogP contribution in [0, 0.1) is 5.92 Å². The molecule has 1 atom stereocenters. The van der Waals surface area contributed by atoms with E-state index >= 15 is 0 Å². The fourth-order valence-corrected chi connectivity index (χ4v) is 2.78. The number of anilines is 1. The van der Waals surface area contributed by atoms with E-state index < -0.39 is 0 Å². The van der Waals surface area contributed by atoms with Gasteiger partial charge in [-0.1, -0.05) is 18.2 Å². The van der Waals surface area contributed by atoms with Crippen LogP contribution in [0.4, 0.5) is 5.69 Å². The predicted molar refractivity (Wildman–Crippen MR) is 68.1 cm³/mol. The highest BCUT2D eigenvalue weighted by Crippen LogP contribution is 2.32. The van der Waals surface area contributed by atoms with E-state index in [-0.39, 0.29) is 5.91 Å². The molecule has 3 nitrogen and oxygen atoms in total. The van der Waals surface area contributed by atoms with Gasteiger partial charge in [-0.3, -0.25) is 4.79 Å². The number of hydrogen-bond donors (Lipinski definition) is 1. The molecule has 0 saturated carbocycles. The largest absolute Gasteiger partial charge is 0.316 e. The highest BCUT2D eigenvalue weighted by atomic mass is 16.2. The van der Waals surface area contributed by atoms with Gasteiger partial charge in [-0.15, -0.1) is 0 Å². The maximum atomic E-state index is 12.3. The third-order valence-electron chi connectivity index (χ3n) is 3.81. The van der Waals surface area contributed by atoms with Gasteiger partial charge in [0.15, 0.2) is 0 Å². The number of hydrogen-bond acceptors (Lipinski definition) is 2. The van der Waals surface area contributed by atoms with Crippen LogP contribution in [-0.2, 0) is 11.2 Å². The highest BCUT2D eigenvalue weighted by Gasteiger charge is 2.32. The number of carbonyl (C=O) groups is 1. The van der Waals surface area contributed by atoms with Crippen LogP contribution in [0.3, 0.4) is 0 Å². The monoisotopic (exact) mass is 230 g/mol.